The second-order valence-electron chi connectivity index (χ2n) is 4.16. The first kappa shape index (κ1) is 14.2. The molecule has 0 radical (unpaired) electrons. The third-order valence-electron chi connectivity index (χ3n) is 2.68. The molecule has 0 atom stereocenters. The number of nitrogens with two attached hydrogens (primary N) is 1. The van der Waals surface area contributed by atoms with Gasteiger partial charge in [-0.25, -0.2) is 0 Å². The minimum atomic E-state index is 0.356. The van der Waals surface area contributed by atoms with Crippen LogP contribution in [0.3, 0.4) is 0 Å². The Hall–Kier alpha value is -2.19. The Kier molecular flexibility index (Phi) is 4.49. The lowest BCUT2D eigenvalue weighted by Gasteiger charge is -2.09. The predicted molar refractivity (Wildman–Crippen MR) is 80.6 cm³/mol. The van der Waals surface area contributed by atoms with E-state index in [9.17, 15) is 0 Å². The molecule has 2 N–H and O–H groups in total. The summed E-state index contributed by atoms with van der Waals surface area (Å²) in [6.45, 7) is 0.356. The van der Waals surface area contributed by atoms with Crippen LogP contribution in [0, 0.1) is 11.3 Å². The minimum absolute atomic E-state index is 0.356. The molecule has 2 aromatic carbocycles. The van der Waals surface area contributed by atoms with Crippen LogP contribution in [0.15, 0.2) is 40.9 Å². The highest BCUT2D eigenvalue weighted by atomic mass is 79.9. The van der Waals surface area contributed by atoms with Gasteiger partial charge in [0.2, 0.25) is 0 Å². The molecule has 0 aliphatic heterocycles. The molecule has 20 heavy (non-hydrogen) atoms. The molecule has 0 heterocycles. The van der Waals surface area contributed by atoms with Crippen LogP contribution < -0.4 is 15.2 Å². The third kappa shape index (κ3) is 3.43. The van der Waals surface area contributed by atoms with Crippen LogP contribution in [0.4, 0.5) is 5.69 Å². The van der Waals surface area contributed by atoms with E-state index in [2.05, 4.69) is 22.0 Å². The van der Waals surface area contributed by atoms with Crippen molar-refractivity contribution < 1.29 is 9.47 Å². The molecule has 5 heteroatoms. The van der Waals surface area contributed by atoms with Crippen molar-refractivity contribution in [3.05, 3.63) is 52.0 Å². The molecule has 2 aromatic rings. The lowest BCUT2D eigenvalue weighted by Crippen LogP contribution is -1.98. The highest BCUT2D eigenvalue weighted by molar-refractivity contribution is 9.10. The summed E-state index contributed by atoms with van der Waals surface area (Å²) in [5, 5.41) is 9.04. The number of benzene rings is 2. The fraction of sp³-hybridized carbons (Fsp3) is 0.133. The number of hydrogen-bond acceptors (Lipinski definition) is 4. The molecule has 0 saturated heterocycles. The number of methoxy groups -OCH3 is 1. The zero-order chi connectivity index (χ0) is 14.5. The predicted octanol–water partition coefficient (Wildman–Crippen LogP) is 3.49. The number of hydrogen-bond donors (Lipinski definition) is 1. The van der Waals surface area contributed by atoms with Crippen LogP contribution in [0.5, 0.6) is 11.5 Å². The molecule has 0 bridgehead atoms. The number of rotatable bonds is 4. The zero-order valence-corrected chi connectivity index (χ0v) is 12.5. The highest BCUT2D eigenvalue weighted by Crippen LogP contribution is 2.24. The Labute approximate surface area is 125 Å². The average Bonchev–Trinajstić information content (AvgIpc) is 2.43. The molecule has 0 spiro atoms. The quantitative estimate of drug-likeness (QED) is 0.870. The molecule has 0 fully saturated rings. The van der Waals surface area contributed by atoms with Crippen LogP contribution >= 0.6 is 15.9 Å². The maximum Gasteiger partial charge on any atom is 0.136 e. The van der Waals surface area contributed by atoms with Crippen LogP contribution in [0.1, 0.15) is 11.1 Å². The van der Waals surface area contributed by atoms with E-state index < -0.39 is 0 Å². The molecular formula is C15H13BrN2O2. The molecule has 0 aliphatic carbocycles. The second kappa shape index (κ2) is 6.31. The van der Waals surface area contributed by atoms with Crippen molar-refractivity contribution in [1.29, 1.82) is 5.26 Å². The van der Waals surface area contributed by atoms with Gasteiger partial charge in [0, 0.05) is 16.2 Å². The maximum absolute atomic E-state index is 9.04. The van der Waals surface area contributed by atoms with Gasteiger partial charge >= 0.3 is 0 Å². The highest BCUT2D eigenvalue weighted by Gasteiger charge is 2.05. The van der Waals surface area contributed by atoms with Gasteiger partial charge in [0.25, 0.3) is 0 Å². The molecule has 0 amide bonds. The Balaban J connectivity index is 2.13. The summed E-state index contributed by atoms with van der Waals surface area (Å²) in [4.78, 5) is 0. The van der Waals surface area contributed by atoms with Crippen molar-refractivity contribution in [2.24, 2.45) is 0 Å². The van der Waals surface area contributed by atoms with Crippen LogP contribution in [0.25, 0.3) is 0 Å². The van der Waals surface area contributed by atoms with E-state index in [-0.39, 0.29) is 0 Å². The van der Waals surface area contributed by atoms with E-state index in [1.54, 1.807) is 24.3 Å². The van der Waals surface area contributed by atoms with Gasteiger partial charge in [-0.2, -0.15) is 5.26 Å². The van der Waals surface area contributed by atoms with Crippen molar-refractivity contribution in [2.75, 3.05) is 12.8 Å². The average molecular weight is 333 g/mol. The number of nitrogens with zero attached hydrogens (tertiary/aromatic N) is 1. The number of ether oxygens (including phenoxy) is 2. The van der Waals surface area contributed by atoms with E-state index >= 15 is 0 Å². The summed E-state index contributed by atoms with van der Waals surface area (Å²) in [5.74, 6) is 1.23. The topological polar surface area (TPSA) is 68.3 Å². The van der Waals surface area contributed by atoms with Gasteiger partial charge in [-0.3, -0.25) is 0 Å². The Bertz CT molecular complexity index is 645. The van der Waals surface area contributed by atoms with Gasteiger partial charge in [0.1, 0.15) is 24.2 Å². The van der Waals surface area contributed by atoms with Gasteiger partial charge in [0.05, 0.1) is 12.7 Å². The number of nitrogen functional groups attached to an aromatic ring is 1. The van der Waals surface area contributed by atoms with Crippen LogP contribution in [0.2, 0.25) is 0 Å². The maximum atomic E-state index is 9.04. The minimum Gasteiger partial charge on any atom is -0.495 e. The molecule has 0 aliphatic rings. The van der Waals surface area contributed by atoms with Gasteiger partial charge in [-0.05, 0) is 29.8 Å². The molecule has 4 nitrogen and oxygen atoms in total. The Morgan fingerprint density at radius 1 is 1.25 bits per heavy atom. The van der Waals surface area contributed by atoms with E-state index in [1.807, 2.05) is 12.1 Å². The van der Waals surface area contributed by atoms with Crippen LogP contribution in [-0.2, 0) is 6.61 Å². The van der Waals surface area contributed by atoms with Crippen molar-refractivity contribution in [3.8, 4) is 17.6 Å². The smallest absolute Gasteiger partial charge is 0.136 e. The van der Waals surface area contributed by atoms with Crippen molar-refractivity contribution in [1.82, 2.24) is 0 Å². The summed E-state index contributed by atoms with van der Waals surface area (Å²) in [6, 6.07) is 12.9. The fourth-order valence-electron chi connectivity index (χ4n) is 1.77. The second-order valence-corrected chi connectivity index (χ2v) is 5.07. The van der Waals surface area contributed by atoms with E-state index in [0.29, 0.717) is 29.4 Å². The fourth-order valence-corrected chi connectivity index (χ4v) is 2.26. The van der Waals surface area contributed by atoms with E-state index in [4.69, 9.17) is 20.5 Å². The normalized spacial score (nSPS) is 9.85. The lowest BCUT2D eigenvalue weighted by molar-refractivity contribution is 0.306. The first-order valence-electron chi connectivity index (χ1n) is 5.88. The lowest BCUT2D eigenvalue weighted by atomic mass is 10.1. The summed E-state index contributed by atoms with van der Waals surface area (Å²) >= 11 is 3.36. The summed E-state index contributed by atoms with van der Waals surface area (Å²) in [7, 11) is 1.54. The molecule has 0 saturated carbocycles. The van der Waals surface area contributed by atoms with Gasteiger partial charge < -0.3 is 15.2 Å². The standard InChI is InChI=1S/C15H13BrN2O2/c1-19-15-3-2-10(4-11(15)8-17)9-20-14-6-12(16)5-13(18)7-14/h2-7H,9,18H2,1H3. The number of halogens is 1. The third-order valence-corrected chi connectivity index (χ3v) is 3.14. The first-order valence-corrected chi connectivity index (χ1v) is 6.67. The molecular weight excluding hydrogens is 320 g/mol. The monoisotopic (exact) mass is 332 g/mol. The first-order chi connectivity index (χ1) is 9.62. The number of nitriles is 1. The van der Waals surface area contributed by atoms with Crippen molar-refractivity contribution in [2.45, 2.75) is 6.61 Å². The van der Waals surface area contributed by atoms with Crippen molar-refractivity contribution >= 4 is 21.6 Å². The van der Waals surface area contributed by atoms with Gasteiger partial charge in [0.15, 0.2) is 0 Å². The Morgan fingerprint density at radius 3 is 2.70 bits per heavy atom. The molecule has 102 valence electrons. The summed E-state index contributed by atoms with van der Waals surface area (Å²) < 4.78 is 11.6. The van der Waals surface area contributed by atoms with Gasteiger partial charge in [-0.1, -0.05) is 22.0 Å². The Morgan fingerprint density at radius 2 is 2.05 bits per heavy atom. The summed E-state index contributed by atoms with van der Waals surface area (Å²) in [5.41, 5.74) is 7.75. The molecule has 2 rings (SSSR count). The molecule has 0 unspecified atom stereocenters. The van der Waals surface area contributed by atoms with Crippen molar-refractivity contribution in [3.63, 3.8) is 0 Å². The van der Waals surface area contributed by atoms with E-state index in [0.717, 1.165) is 10.0 Å². The van der Waals surface area contributed by atoms with Gasteiger partial charge in [-0.15, -0.1) is 0 Å². The number of anilines is 1. The summed E-state index contributed by atoms with van der Waals surface area (Å²) in [6.07, 6.45) is 0. The largest absolute Gasteiger partial charge is 0.495 e. The zero-order valence-electron chi connectivity index (χ0n) is 10.9. The van der Waals surface area contributed by atoms with E-state index in [1.165, 1.54) is 7.11 Å². The molecule has 0 aromatic heterocycles. The van der Waals surface area contributed by atoms with Crippen LogP contribution in [-0.4, -0.2) is 7.11 Å². The SMILES string of the molecule is COc1ccc(COc2cc(N)cc(Br)c2)cc1C#N.